The van der Waals surface area contributed by atoms with Crippen LogP contribution in [0.15, 0.2) is 0 Å². The summed E-state index contributed by atoms with van der Waals surface area (Å²) in [6.07, 6.45) is 4.29. The van der Waals surface area contributed by atoms with Crippen LogP contribution in [0.25, 0.3) is 0 Å². The molecule has 0 spiro atoms. The van der Waals surface area contributed by atoms with Gasteiger partial charge in [-0.05, 0) is 52.4 Å². The predicted octanol–water partition coefficient (Wildman–Crippen LogP) is 2.80. The van der Waals surface area contributed by atoms with E-state index in [1.54, 1.807) is 11.9 Å². The molecule has 0 aliphatic heterocycles. The van der Waals surface area contributed by atoms with Crippen molar-refractivity contribution < 1.29 is 14.7 Å². The fourth-order valence-electron chi connectivity index (χ4n) is 2.70. The Morgan fingerprint density at radius 2 is 1.65 bits per heavy atom. The zero-order chi connectivity index (χ0) is 15.5. The number of urea groups is 1. The first-order valence-corrected chi connectivity index (χ1v) is 7.39. The van der Waals surface area contributed by atoms with Crippen LogP contribution in [-0.4, -0.2) is 52.1 Å². The molecule has 0 radical (unpaired) electrons. The second kappa shape index (κ2) is 6.46. The summed E-state index contributed by atoms with van der Waals surface area (Å²) in [5.41, 5.74) is -0.494. The molecule has 5 heteroatoms. The summed E-state index contributed by atoms with van der Waals surface area (Å²) < 4.78 is 0. The van der Waals surface area contributed by atoms with Crippen molar-refractivity contribution >= 4 is 12.0 Å². The average molecular weight is 284 g/mol. The van der Waals surface area contributed by atoms with Crippen molar-refractivity contribution in [2.75, 3.05) is 13.6 Å². The number of carbonyl (C=O) groups is 2. The third-order valence-corrected chi connectivity index (χ3v) is 4.17. The molecule has 0 bridgehead atoms. The molecule has 0 aromatic heterocycles. The Kier molecular flexibility index (Phi) is 5.42. The largest absolute Gasteiger partial charge is 0.480 e. The summed E-state index contributed by atoms with van der Waals surface area (Å²) in [6, 6.07) is 0.0526. The van der Waals surface area contributed by atoms with Crippen molar-refractivity contribution in [2.24, 2.45) is 5.92 Å². The zero-order valence-corrected chi connectivity index (χ0v) is 13.3. The number of hydrogen-bond donors (Lipinski definition) is 1. The summed E-state index contributed by atoms with van der Waals surface area (Å²) in [6.45, 7) is 7.58. The Hall–Kier alpha value is -1.26. The molecule has 1 rings (SSSR count). The van der Waals surface area contributed by atoms with Gasteiger partial charge in [0.2, 0.25) is 0 Å². The molecule has 0 saturated heterocycles. The monoisotopic (exact) mass is 284 g/mol. The molecular weight excluding hydrogens is 256 g/mol. The van der Waals surface area contributed by atoms with Gasteiger partial charge in [0.25, 0.3) is 0 Å². The van der Waals surface area contributed by atoms with Crippen LogP contribution < -0.4 is 0 Å². The average Bonchev–Trinajstić information content (AvgIpc) is 2.33. The molecule has 0 aromatic carbocycles. The zero-order valence-electron chi connectivity index (χ0n) is 13.3. The molecule has 0 unspecified atom stereocenters. The molecule has 116 valence electrons. The molecule has 0 atom stereocenters. The molecule has 1 aliphatic rings. The normalized spacial score (nSPS) is 23.2. The summed E-state index contributed by atoms with van der Waals surface area (Å²) in [5, 5.41) is 9.01. The van der Waals surface area contributed by atoms with Gasteiger partial charge in [0.1, 0.15) is 6.54 Å². The van der Waals surface area contributed by atoms with Crippen LogP contribution in [0.2, 0.25) is 0 Å². The topological polar surface area (TPSA) is 60.9 Å². The lowest BCUT2D eigenvalue weighted by molar-refractivity contribution is -0.138. The molecule has 0 aromatic rings. The fraction of sp³-hybridized carbons (Fsp3) is 0.867. The van der Waals surface area contributed by atoms with Crippen molar-refractivity contribution in [2.45, 2.75) is 65.0 Å². The lowest BCUT2D eigenvalue weighted by atomic mass is 9.87. The number of carbonyl (C=O) groups excluding carboxylic acids is 1. The highest BCUT2D eigenvalue weighted by molar-refractivity contribution is 5.81. The Labute approximate surface area is 121 Å². The highest BCUT2D eigenvalue weighted by Crippen LogP contribution is 2.27. The van der Waals surface area contributed by atoms with Crippen LogP contribution in [0.5, 0.6) is 0 Å². The fourth-order valence-corrected chi connectivity index (χ4v) is 2.70. The Bertz CT molecular complexity index is 355. The van der Waals surface area contributed by atoms with E-state index in [1.165, 1.54) is 4.90 Å². The highest BCUT2D eigenvalue weighted by atomic mass is 16.4. The second-order valence-corrected chi connectivity index (χ2v) is 6.96. The SMILES string of the molecule is CC1CCC(N(C)C(=O)N(CC(=O)O)C(C)(C)C)CC1. The van der Waals surface area contributed by atoms with E-state index in [4.69, 9.17) is 5.11 Å². The summed E-state index contributed by atoms with van der Waals surface area (Å²) in [7, 11) is 1.80. The van der Waals surface area contributed by atoms with Crippen molar-refractivity contribution in [3.05, 3.63) is 0 Å². The van der Waals surface area contributed by atoms with Crippen molar-refractivity contribution in [3.63, 3.8) is 0 Å². The van der Waals surface area contributed by atoms with Crippen LogP contribution in [0.3, 0.4) is 0 Å². The standard InChI is InChI=1S/C15H28N2O3/c1-11-6-8-12(9-7-11)16(5)14(20)17(10-13(18)19)15(2,3)4/h11-12H,6-10H2,1-5H3,(H,18,19). The van der Waals surface area contributed by atoms with E-state index >= 15 is 0 Å². The number of amides is 2. The van der Waals surface area contributed by atoms with E-state index in [1.807, 2.05) is 20.8 Å². The third-order valence-electron chi connectivity index (χ3n) is 4.17. The highest BCUT2D eigenvalue weighted by Gasteiger charge is 2.33. The number of carboxylic acids is 1. The van der Waals surface area contributed by atoms with Crippen LogP contribution in [0.1, 0.15) is 53.4 Å². The van der Waals surface area contributed by atoms with E-state index in [0.717, 1.165) is 31.6 Å². The van der Waals surface area contributed by atoms with Gasteiger partial charge >= 0.3 is 12.0 Å². The van der Waals surface area contributed by atoms with Gasteiger partial charge in [-0.2, -0.15) is 0 Å². The predicted molar refractivity (Wildman–Crippen MR) is 78.7 cm³/mol. The minimum absolute atomic E-state index is 0.181. The molecule has 1 fully saturated rings. The van der Waals surface area contributed by atoms with Crippen molar-refractivity contribution in [1.82, 2.24) is 9.80 Å². The Morgan fingerprint density at radius 3 is 2.05 bits per heavy atom. The van der Waals surface area contributed by atoms with E-state index in [0.29, 0.717) is 0 Å². The maximum atomic E-state index is 12.6. The first-order valence-electron chi connectivity index (χ1n) is 7.39. The summed E-state index contributed by atoms with van der Waals surface area (Å²) in [4.78, 5) is 26.8. The molecule has 1 aliphatic carbocycles. The number of carboxylic acid groups (broad SMARTS) is 1. The minimum Gasteiger partial charge on any atom is -0.480 e. The van der Waals surface area contributed by atoms with E-state index in [2.05, 4.69) is 6.92 Å². The van der Waals surface area contributed by atoms with Crippen molar-refractivity contribution in [3.8, 4) is 0 Å². The van der Waals surface area contributed by atoms with Crippen LogP contribution in [0, 0.1) is 5.92 Å². The van der Waals surface area contributed by atoms with Gasteiger partial charge in [-0.25, -0.2) is 4.79 Å². The van der Waals surface area contributed by atoms with Gasteiger partial charge in [0.15, 0.2) is 0 Å². The van der Waals surface area contributed by atoms with Gasteiger partial charge in [0.05, 0.1) is 0 Å². The maximum Gasteiger partial charge on any atom is 0.323 e. The number of hydrogen-bond acceptors (Lipinski definition) is 2. The van der Waals surface area contributed by atoms with Gasteiger partial charge in [0, 0.05) is 18.6 Å². The number of rotatable bonds is 3. The molecule has 1 saturated carbocycles. The van der Waals surface area contributed by atoms with Gasteiger partial charge in [-0.1, -0.05) is 6.92 Å². The van der Waals surface area contributed by atoms with Gasteiger partial charge in [-0.15, -0.1) is 0 Å². The van der Waals surface area contributed by atoms with Crippen molar-refractivity contribution in [1.29, 1.82) is 0 Å². The summed E-state index contributed by atoms with van der Waals surface area (Å²) in [5.74, 6) is -0.244. The van der Waals surface area contributed by atoms with Crippen LogP contribution in [-0.2, 0) is 4.79 Å². The van der Waals surface area contributed by atoms with E-state index in [9.17, 15) is 9.59 Å². The number of aliphatic carboxylic acids is 1. The molecule has 5 nitrogen and oxygen atoms in total. The molecule has 0 heterocycles. The van der Waals surface area contributed by atoms with E-state index in [-0.39, 0.29) is 18.6 Å². The molecular formula is C15H28N2O3. The first-order chi connectivity index (χ1) is 9.12. The van der Waals surface area contributed by atoms with E-state index < -0.39 is 11.5 Å². The molecule has 2 amide bonds. The lowest BCUT2D eigenvalue weighted by Crippen LogP contribution is -2.55. The summed E-state index contributed by atoms with van der Waals surface area (Å²) >= 11 is 0. The number of nitrogens with zero attached hydrogens (tertiary/aromatic N) is 2. The molecule has 1 N–H and O–H groups in total. The third kappa shape index (κ3) is 4.39. The smallest absolute Gasteiger partial charge is 0.323 e. The van der Waals surface area contributed by atoms with Gasteiger partial charge < -0.3 is 14.9 Å². The Balaban J connectivity index is 2.75. The lowest BCUT2D eigenvalue weighted by Gasteiger charge is -2.41. The first kappa shape index (κ1) is 16.8. The van der Waals surface area contributed by atoms with Crippen LogP contribution >= 0.6 is 0 Å². The van der Waals surface area contributed by atoms with Gasteiger partial charge in [-0.3, -0.25) is 4.79 Å². The van der Waals surface area contributed by atoms with Crippen LogP contribution in [0.4, 0.5) is 4.79 Å². The Morgan fingerprint density at radius 1 is 1.15 bits per heavy atom. The minimum atomic E-state index is -0.973. The second-order valence-electron chi connectivity index (χ2n) is 6.96. The quantitative estimate of drug-likeness (QED) is 0.867. The maximum absolute atomic E-state index is 12.6. The molecule has 20 heavy (non-hydrogen) atoms.